The van der Waals surface area contributed by atoms with E-state index in [2.05, 4.69) is 0 Å². The third kappa shape index (κ3) is 2.16. The fourth-order valence-corrected chi connectivity index (χ4v) is 2.56. The van der Waals surface area contributed by atoms with E-state index in [1.807, 2.05) is 62.5 Å². The van der Waals surface area contributed by atoms with Crippen molar-refractivity contribution in [3.05, 3.63) is 59.7 Å². The molecule has 0 bridgehead atoms. The second-order valence-corrected chi connectivity index (χ2v) is 5.11. The standard InChI is InChI=1S/C17H17NO2/c1-12-15-10-14(8-9-16(15)18(2)17(12)19)20-11-13-6-4-3-5-7-13/h3-10,12H,11H2,1-2H3. The van der Waals surface area contributed by atoms with Gasteiger partial charge in [0.25, 0.3) is 0 Å². The second-order valence-electron chi connectivity index (χ2n) is 5.11. The minimum absolute atomic E-state index is 0.0877. The molecule has 3 nitrogen and oxygen atoms in total. The SMILES string of the molecule is CC1C(=O)N(C)c2ccc(OCc3ccccc3)cc21. The molecular formula is C17H17NO2. The van der Waals surface area contributed by atoms with Crippen molar-refractivity contribution in [3.63, 3.8) is 0 Å². The Morgan fingerprint density at radius 2 is 1.90 bits per heavy atom. The first-order valence-electron chi connectivity index (χ1n) is 6.75. The quantitative estimate of drug-likeness (QED) is 0.853. The molecule has 0 aliphatic carbocycles. The van der Waals surface area contributed by atoms with E-state index >= 15 is 0 Å². The summed E-state index contributed by atoms with van der Waals surface area (Å²) >= 11 is 0. The van der Waals surface area contributed by atoms with Gasteiger partial charge >= 0.3 is 0 Å². The smallest absolute Gasteiger partial charge is 0.234 e. The first kappa shape index (κ1) is 12.7. The Kier molecular flexibility index (Phi) is 3.18. The van der Waals surface area contributed by atoms with Crippen molar-refractivity contribution in [3.8, 4) is 5.75 Å². The van der Waals surface area contributed by atoms with E-state index in [1.54, 1.807) is 4.90 Å². The molecule has 0 saturated heterocycles. The van der Waals surface area contributed by atoms with Crippen LogP contribution in [-0.2, 0) is 11.4 Å². The van der Waals surface area contributed by atoms with Gasteiger partial charge in [-0.25, -0.2) is 0 Å². The van der Waals surface area contributed by atoms with Gasteiger partial charge in [0, 0.05) is 12.7 Å². The topological polar surface area (TPSA) is 29.5 Å². The first-order chi connectivity index (χ1) is 9.66. The summed E-state index contributed by atoms with van der Waals surface area (Å²) in [4.78, 5) is 13.6. The number of fused-ring (bicyclic) bond motifs is 1. The maximum absolute atomic E-state index is 11.9. The average Bonchev–Trinajstić information content (AvgIpc) is 2.71. The molecule has 1 atom stereocenters. The average molecular weight is 267 g/mol. The third-order valence-electron chi connectivity index (χ3n) is 3.78. The number of benzene rings is 2. The Labute approximate surface area is 118 Å². The highest BCUT2D eigenvalue weighted by atomic mass is 16.5. The molecule has 0 radical (unpaired) electrons. The van der Waals surface area contributed by atoms with Crippen molar-refractivity contribution in [2.24, 2.45) is 0 Å². The Bertz CT molecular complexity index is 637. The lowest BCUT2D eigenvalue weighted by Gasteiger charge is -2.11. The van der Waals surface area contributed by atoms with Gasteiger partial charge in [-0.2, -0.15) is 0 Å². The van der Waals surface area contributed by atoms with Crippen LogP contribution in [0, 0.1) is 0 Å². The fourth-order valence-electron chi connectivity index (χ4n) is 2.56. The number of rotatable bonds is 3. The van der Waals surface area contributed by atoms with Crippen LogP contribution in [0.15, 0.2) is 48.5 Å². The van der Waals surface area contributed by atoms with Crippen LogP contribution in [0.4, 0.5) is 5.69 Å². The van der Waals surface area contributed by atoms with Crippen LogP contribution in [0.5, 0.6) is 5.75 Å². The maximum atomic E-state index is 11.9. The zero-order valence-electron chi connectivity index (χ0n) is 11.7. The molecule has 1 amide bonds. The highest BCUT2D eigenvalue weighted by Gasteiger charge is 2.31. The van der Waals surface area contributed by atoms with Crippen LogP contribution in [0.3, 0.4) is 0 Å². The van der Waals surface area contributed by atoms with E-state index in [0.717, 1.165) is 22.6 Å². The second kappa shape index (κ2) is 5.00. The Morgan fingerprint density at radius 3 is 2.65 bits per heavy atom. The Morgan fingerprint density at radius 1 is 1.15 bits per heavy atom. The van der Waals surface area contributed by atoms with Crippen LogP contribution in [-0.4, -0.2) is 13.0 Å². The van der Waals surface area contributed by atoms with Gasteiger partial charge in [-0.05, 0) is 36.2 Å². The Balaban J connectivity index is 1.79. The normalized spacial score (nSPS) is 17.2. The zero-order valence-corrected chi connectivity index (χ0v) is 11.7. The molecule has 1 unspecified atom stereocenters. The first-order valence-corrected chi connectivity index (χ1v) is 6.75. The van der Waals surface area contributed by atoms with Crippen molar-refractivity contribution < 1.29 is 9.53 Å². The largest absolute Gasteiger partial charge is 0.489 e. The predicted octanol–water partition coefficient (Wildman–Crippen LogP) is 3.35. The van der Waals surface area contributed by atoms with Crippen molar-refractivity contribution in [2.45, 2.75) is 19.4 Å². The fraction of sp³-hybridized carbons (Fsp3) is 0.235. The lowest BCUT2D eigenvalue weighted by atomic mass is 10.0. The zero-order chi connectivity index (χ0) is 14.1. The monoisotopic (exact) mass is 267 g/mol. The van der Waals surface area contributed by atoms with Gasteiger partial charge in [-0.15, -0.1) is 0 Å². The van der Waals surface area contributed by atoms with Gasteiger partial charge in [-0.3, -0.25) is 4.79 Å². The molecule has 0 fully saturated rings. The highest BCUT2D eigenvalue weighted by Crippen LogP contribution is 2.38. The van der Waals surface area contributed by atoms with Crippen molar-refractivity contribution in [2.75, 3.05) is 11.9 Å². The van der Waals surface area contributed by atoms with Gasteiger partial charge in [0.1, 0.15) is 12.4 Å². The number of likely N-dealkylation sites (N-methyl/N-ethyl adjacent to an activating group) is 1. The molecule has 2 aromatic rings. The van der Waals surface area contributed by atoms with Gasteiger partial charge in [0.15, 0.2) is 0 Å². The van der Waals surface area contributed by atoms with Gasteiger partial charge < -0.3 is 9.64 Å². The van der Waals surface area contributed by atoms with Crippen LogP contribution in [0.25, 0.3) is 0 Å². The summed E-state index contributed by atoms with van der Waals surface area (Å²) in [5, 5.41) is 0. The highest BCUT2D eigenvalue weighted by molar-refractivity contribution is 6.04. The number of hydrogen-bond acceptors (Lipinski definition) is 2. The summed E-state index contributed by atoms with van der Waals surface area (Å²) in [6, 6.07) is 15.9. The number of ether oxygens (including phenoxy) is 1. The third-order valence-corrected chi connectivity index (χ3v) is 3.78. The number of amides is 1. The lowest BCUT2D eigenvalue weighted by molar-refractivity contribution is -0.118. The molecular weight excluding hydrogens is 250 g/mol. The lowest BCUT2D eigenvalue weighted by Crippen LogP contribution is -2.22. The van der Waals surface area contributed by atoms with Crippen LogP contribution in [0.2, 0.25) is 0 Å². The van der Waals surface area contributed by atoms with Crippen LogP contribution in [0.1, 0.15) is 24.0 Å². The molecule has 1 aliphatic heterocycles. The van der Waals surface area contributed by atoms with Gasteiger partial charge in [0.05, 0.1) is 5.92 Å². The van der Waals surface area contributed by atoms with Crippen molar-refractivity contribution in [1.82, 2.24) is 0 Å². The molecule has 1 aliphatic rings. The van der Waals surface area contributed by atoms with Crippen LogP contribution < -0.4 is 9.64 Å². The number of anilines is 1. The molecule has 102 valence electrons. The number of carbonyl (C=O) groups excluding carboxylic acids is 1. The van der Waals surface area contributed by atoms with Crippen LogP contribution >= 0.6 is 0 Å². The molecule has 0 spiro atoms. The number of nitrogens with zero attached hydrogens (tertiary/aromatic N) is 1. The van der Waals surface area contributed by atoms with Crippen molar-refractivity contribution in [1.29, 1.82) is 0 Å². The maximum Gasteiger partial charge on any atom is 0.234 e. The molecule has 2 aromatic carbocycles. The number of carbonyl (C=O) groups is 1. The van der Waals surface area contributed by atoms with Gasteiger partial charge in [-0.1, -0.05) is 30.3 Å². The van der Waals surface area contributed by atoms with E-state index < -0.39 is 0 Å². The van der Waals surface area contributed by atoms with Gasteiger partial charge in [0.2, 0.25) is 5.91 Å². The Hall–Kier alpha value is -2.29. The van der Waals surface area contributed by atoms with E-state index in [1.165, 1.54) is 0 Å². The molecule has 3 rings (SSSR count). The van der Waals surface area contributed by atoms with E-state index in [9.17, 15) is 4.79 Å². The molecule has 0 N–H and O–H groups in total. The van der Waals surface area contributed by atoms with E-state index in [-0.39, 0.29) is 11.8 Å². The summed E-state index contributed by atoms with van der Waals surface area (Å²) in [6.07, 6.45) is 0. The summed E-state index contributed by atoms with van der Waals surface area (Å²) in [6.45, 7) is 2.48. The minimum Gasteiger partial charge on any atom is -0.489 e. The van der Waals surface area contributed by atoms with E-state index in [0.29, 0.717) is 6.61 Å². The van der Waals surface area contributed by atoms with E-state index in [4.69, 9.17) is 4.74 Å². The molecule has 20 heavy (non-hydrogen) atoms. The summed E-state index contributed by atoms with van der Waals surface area (Å²) in [5.74, 6) is 0.859. The number of hydrogen-bond donors (Lipinski definition) is 0. The molecule has 0 aromatic heterocycles. The summed E-state index contributed by atoms with van der Waals surface area (Å²) in [7, 11) is 1.81. The molecule has 3 heteroatoms. The predicted molar refractivity (Wildman–Crippen MR) is 79.0 cm³/mol. The minimum atomic E-state index is -0.0877. The summed E-state index contributed by atoms with van der Waals surface area (Å²) in [5.41, 5.74) is 3.16. The molecule has 1 heterocycles. The summed E-state index contributed by atoms with van der Waals surface area (Å²) < 4.78 is 5.81. The van der Waals surface area contributed by atoms with Crippen molar-refractivity contribution >= 4 is 11.6 Å². The molecule has 0 saturated carbocycles.